The molecule has 0 aliphatic carbocycles. The largest absolute Gasteiger partial charge is 0.280 e. The molecule has 0 amide bonds. The van der Waals surface area contributed by atoms with Crippen molar-refractivity contribution in [3.63, 3.8) is 0 Å². The fourth-order valence-corrected chi connectivity index (χ4v) is 1.47. The minimum Gasteiger partial charge on any atom is -0.280 e. The van der Waals surface area contributed by atoms with Crippen molar-refractivity contribution in [1.82, 2.24) is 10.2 Å². The van der Waals surface area contributed by atoms with Crippen molar-refractivity contribution in [2.45, 2.75) is 20.8 Å². The fourth-order valence-electron chi connectivity index (χ4n) is 1.47. The van der Waals surface area contributed by atoms with Crippen molar-refractivity contribution >= 4 is 11.4 Å². The highest BCUT2D eigenvalue weighted by atomic mass is 15.2. The lowest BCUT2D eigenvalue weighted by atomic mass is 10.2. The van der Waals surface area contributed by atoms with Gasteiger partial charge in [-0.05, 0) is 32.4 Å². The third-order valence-electron chi connectivity index (χ3n) is 2.46. The highest BCUT2D eigenvalue weighted by molar-refractivity contribution is 5.48. The predicted molar refractivity (Wildman–Crippen MR) is 63.4 cm³/mol. The molecule has 4 heteroatoms. The molecule has 1 aromatic carbocycles. The van der Waals surface area contributed by atoms with Gasteiger partial charge >= 0.3 is 0 Å². The molecular formula is C12H14N4. The number of nitrogens with one attached hydrogen (secondary N) is 1. The molecule has 82 valence electrons. The zero-order valence-electron chi connectivity index (χ0n) is 9.65. The average molecular weight is 214 g/mol. The van der Waals surface area contributed by atoms with Crippen LogP contribution in [-0.2, 0) is 0 Å². The number of azo groups is 1. The van der Waals surface area contributed by atoms with Gasteiger partial charge in [0, 0.05) is 0 Å². The van der Waals surface area contributed by atoms with Gasteiger partial charge in [0.25, 0.3) is 0 Å². The first-order valence-electron chi connectivity index (χ1n) is 5.17. The maximum Gasteiger partial charge on any atom is 0.129 e. The summed E-state index contributed by atoms with van der Waals surface area (Å²) in [6, 6.07) is 7.91. The molecule has 1 N–H and O–H groups in total. The Morgan fingerprint density at radius 2 is 1.81 bits per heavy atom. The summed E-state index contributed by atoms with van der Waals surface area (Å²) in [6.45, 7) is 5.87. The Kier molecular flexibility index (Phi) is 2.81. The molecule has 0 saturated heterocycles. The van der Waals surface area contributed by atoms with Crippen molar-refractivity contribution in [1.29, 1.82) is 0 Å². The van der Waals surface area contributed by atoms with Crippen molar-refractivity contribution in [3.8, 4) is 0 Å². The van der Waals surface area contributed by atoms with Gasteiger partial charge in [-0.3, -0.25) is 5.10 Å². The molecule has 1 heterocycles. The summed E-state index contributed by atoms with van der Waals surface area (Å²) in [7, 11) is 0. The van der Waals surface area contributed by atoms with E-state index in [1.165, 1.54) is 0 Å². The number of aromatic nitrogens is 2. The van der Waals surface area contributed by atoms with E-state index in [2.05, 4.69) is 20.4 Å². The number of H-pyrrole nitrogens is 1. The van der Waals surface area contributed by atoms with Crippen molar-refractivity contribution in [2.24, 2.45) is 10.2 Å². The topological polar surface area (TPSA) is 53.4 Å². The molecule has 4 nitrogen and oxygen atoms in total. The monoisotopic (exact) mass is 214 g/mol. The molecular weight excluding hydrogens is 200 g/mol. The lowest BCUT2D eigenvalue weighted by molar-refractivity contribution is 1.02. The van der Waals surface area contributed by atoms with Gasteiger partial charge < -0.3 is 0 Å². The van der Waals surface area contributed by atoms with E-state index >= 15 is 0 Å². The van der Waals surface area contributed by atoms with Crippen LogP contribution in [0.2, 0.25) is 0 Å². The summed E-state index contributed by atoms with van der Waals surface area (Å²) in [5.41, 5.74) is 4.64. The first-order valence-corrected chi connectivity index (χ1v) is 5.17. The third-order valence-corrected chi connectivity index (χ3v) is 2.46. The number of rotatable bonds is 2. The van der Waals surface area contributed by atoms with E-state index in [1.54, 1.807) is 0 Å². The Hall–Kier alpha value is -1.97. The first-order chi connectivity index (χ1) is 7.68. The molecule has 0 fully saturated rings. The molecule has 0 unspecified atom stereocenters. The van der Waals surface area contributed by atoms with Crippen LogP contribution in [0.15, 0.2) is 34.5 Å². The molecule has 0 spiro atoms. The summed E-state index contributed by atoms with van der Waals surface area (Å²) in [4.78, 5) is 0. The van der Waals surface area contributed by atoms with Gasteiger partial charge in [0.05, 0.1) is 17.1 Å². The molecule has 2 rings (SSSR count). The number of benzene rings is 1. The SMILES string of the molecule is Cc1ccccc1N=Nc1c(C)n[nH]c1C. The van der Waals surface area contributed by atoms with Crippen LogP contribution in [0.1, 0.15) is 17.0 Å². The second kappa shape index (κ2) is 4.26. The van der Waals surface area contributed by atoms with Crippen molar-refractivity contribution in [3.05, 3.63) is 41.2 Å². The van der Waals surface area contributed by atoms with Crippen molar-refractivity contribution < 1.29 is 0 Å². The molecule has 0 aliphatic heterocycles. The van der Waals surface area contributed by atoms with E-state index < -0.39 is 0 Å². The Labute approximate surface area is 94.4 Å². The normalized spacial score (nSPS) is 11.2. The van der Waals surface area contributed by atoms with Crippen LogP contribution in [0.3, 0.4) is 0 Å². The Morgan fingerprint density at radius 1 is 1.06 bits per heavy atom. The first kappa shape index (κ1) is 10.5. The van der Waals surface area contributed by atoms with Crippen LogP contribution in [-0.4, -0.2) is 10.2 Å². The Balaban J connectivity index is 2.32. The van der Waals surface area contributed by atoms with E-state index in [9.17, 15) is 0 Å². The molecule has 0 saturated carbocycles. The molecule has 0 radical (unpaired) electrons. The molecule has 1 aromatic heterocycles. The van der Waals surface area contributed by atoms with Crippen molar-refractivity contribution in [2.75, 3.05) is 0 Å². The van der Waals surface area contributed by atoms with Crippen LogP contribution >= 0.6 is 0 Å². The van der Waals surface area contributed by atoms with Crippen LogP contribution in [0.4, 0.5) is 11.4 Å². The van der Waals surface area contributed by atoms with E-state index in [4.69, 9.17) is 0 Å². The average Bonchev–Trinajstić information content (AvgIpc) is 2.58. The number of nitrogens with zero attached hydrogens (tertiary/aromatic N) is 3. The van der Waals surface area contributed by atoms with Gasteiger partial charge in [-0.2, -0.15) is 10.2 Å². The number of hydrogen-bond acceptors (Lipinski definition) is 3. The van der Waals surface area contributed by atoms with E-state index in [-0.39, 0.29) is 0 Å². The second-order valence-electron chi connectivity index (χ2n) is 3.77. The Bertz CT molecular complexity index is 506. The van der Waals surface area contributed by atoms with Gasteiger partial charge in [0.15, 0.2) is 0 Å². The van der Waals surface area contributed by atoms with Gasteiger partial charge in [0.1, 0.15) is 5.69 Å². The molecule has 0 atom stereocenters. The maximum atomic E-state index is 4.23. The van der Waals surface area contributed by atoms with Crippen LogP contribution < -0.4 is 0 Å². The highest BCUT2D eigenvalue weighted by Crippen LogP contribution is 2.24. The summed E-state index contributed by atoms with van der Waals surface area (Å²) >= 11 is 0. The van der Waals surface area contributed by atoms with Gasteiger partial charge in [0.2, 0.25) is 0 Å². The van der Waals surface area contributed by atoms with E-state index in [0.717, 1.165) is 28.3 Å². The van der Waals surface area contributed by atoms with E-state index in [1.807, 2.05) is 45.0 Å². The zero-order valence-corrected chi connectivity index (χ0v) is 9.65. The zero-order chi connectivity index (χ0) is 11.5. The lowest BCUT2D eigenvalue weighted by Crippen LogP contribution is -1.72. The quantitative estimate of drug-likeness (QED) is 0.760. The fraction of sp³-hybridized carbons (Fsp3) is 0.250. The number of hydrogen-bond donors (Lipinski definition) is 1. The van der Waals surface area contributed by atoms with Gasteiger partial charge in [-0.15, -0.1) is 5.11 Å². The summed E-state index contributed by atoms with van der Waals surface area (Å²) in [5.74, 6) is 0. The van der Waals surface area contributed by atoms with Gasteiger partial charge in [-0.25, -0.2) is 0 Å². The number of aryl methyl sites for hydroxylation is 3. The molecule has 2 aromatic rings. The highest BCUT2D eigenvalue weighted by Gasteiger charge is 2.04. The van der Waals surface area contributed by atoms with Gasteiger partial charge in [-0.1, -0.05) is 18.2 Å². The van der Waals surface area contributed by atoms with Crippen LogP contribution in [0, 0.1) is 20.8 Å². The third kappa shape index (κ3) is 2.00. The minimum absolute atomic E-state index is 0.822. The lowest BCUT2D eigenvalue weighted by Gasteiger charge is -1.96. The molecule has 0 aliphatic rings. The number of aromatic amines is 1. The summed E-state index contributed by atoms with van der Waals surface area (Å²) in [5, 5.41) is 15.4. The molecule has 16 heavy (non-hydrogen) atoms. The Morgan fingerprint density at radius 3 is 2.44 bits per heavy atom. The minimum atomic E-state index is 0.822. The van der Waals surface area contributed by atoms with Crippen LogP contribution in [0.25, 0.3) is 0 Å². The maximum absolute atomic E-state index is 4.23. The standard InChI is InChI=1S/C12H14N4/c1-8-6-4-5-7-11(8)15-16-12-9(2)13-14-10(12)3/h4-7H,1-3H3,(H,13,14). The van der Waals surface area contributed by atoms with Crippen LogP contribution in [0.5, 0.6) is 0 Å². The smallest absolute Gasteiger partial charge is 0.129 e. The predicted octanol–water partition coefficient (Wildman–Crippen LogP) is 3.75. The van der Waals surface area contributed by atoms with E-state index in [0.29, 0.717) is 0 Å². The summed E-state index contributed by atoms with van der Waals surface area (Å²) in [6.07, 6.45) is 0. The summed E-state index contributed by atoms with van der Waals surface area (Å²) < 4.78 is 0. The second-order valence-corrected chi connectivity index (χ2v) is 3.77. The molecule has 0 bridgehead atoms.